The van der Waals surface area contributed by atoms with Crippen molar-refractivity contribution in [2.75, 3.05) is 29.7 Å². The van der Waals surface area contributed by atoms with Crippen molar-refractivity contribution in [3.8, 4) is 0 Å². The molecule has 0 aliphatic carbocycles. The van der Waals surface area contributed by atoms with Gasteiger partial charge in [0.15, 0.2) is 0 Å². The van der Waals surface area contributed by atoms with Crippen molar-refractivity contribution in [3.63, 3.8) is 0 Å². The maximum atomic E-state index is 5.97. The van der Waals surface area contributed by atoms with Gasteiger partial charge in [-0.1, -0.05) is 13.8 Å². The van der Waals surface area contributed by atoms with E-state index in [1.807, 2.05) is 25.6 Å². The van der Waals surface area contributed by atoms with Crippen LogP contribution in [-0.4, -0.2) is 35.1 Å². The van der Waals surface area contributed by atoms with E-state index in [1.54, 1.807) is 0 Å². The van der Waals surface area contributed by atoms with Crippen LogP contribution in [0.3, 0.4) is 0 Å². The van der Waals surface area contributed by atoms with Crippen LogP contribution >= 0.6 is 11.8 Å². The molecule has 4 nitrogen and oxygen atoms in total. The topological polar surface area (TPSA) is 55.0 Å². The fourth-order valence-electron chi connectivity index (χ4n) is 1.94. The minimum Gasteiger partial charge on any atom is -0.383 e. The summed E-state index contributed by atoms with van der Waals surface area (Å²) in [4.78, 5) is 11.2. The fourth-order valence-corrected chi connectivity index (χ4v) is 2.78. The van der Waals surface area contributed by atoms with Crippen LogP contribution in [0.15, 0.2) is 0 Å². The zero-order chi connectivity index (χ0) is 13.7. The van der Waals surface area contributed by atoms with E-state index in [0.717, 1.165) is 35.8 Å². The Labute approximate surface area is 114 Å². The van der Waals surface area contributed by atoms with E-state index in [4.69, 9.17) is 5.73 Å². The maximum absolute atomic E-state index is 5.97. The molecule has 0 amide bonds. The molecule has 2 N–H and O–H groups in total. The Morgan fingerprint density at radius 1 is 1.33 bits per heavy atom. The Morgan fingerprint density at radius 3 is 2.50 bits per heavy atom. The van der Waals surface area contributed by atoms with Crippen LogP contribution in [-0.2, 0) is 6.42 Å². The first-order chi connectivity index (χ1) is 8.54. The van der Waals surface area contributed by atoms with Crippen LogP contribution in [0, 0.1) is 6.92 Å². The Hall–Kier alpha value is -0.970. The van der Waals surface area contributed by atoms with Gasteiger partial charge in [-0.2, -0.15) is 11.8 Å². The molecule has 1 unspecified atom stereocenters. The van der Waals surface area contributed by atoms with Gasteiger partial charge in [-0.3, -0.25) is 0 Å². The van der Waals surface area contributed by atoms with Gasteiger partial charge in [-0.15, -0.1) is 0 Å². The number of anilines is 2. The summed E-state index contributed by atoms with van der Waals surface area (Å²) in [6.45, 7) is 6.25. The molecule has 102 valence electrons. The lowest BCUT2D eigenvalue weighted by atomic mass is 10.2. The van der Waals surface area contributed by atoms with E-state index >= 15 is 0 Å². The number of aryl methyl sites for hydroxylation is 1. The summed E-state index contributed by atoms with van der Waals surface area (Å²) in [7, 11) is 2.10. The minimum atomic E-state index is 0.484. The average molecular weight is 268 g/mol. The largest absolute Gasteiger partial charge is 0.383 e. The quantitative estimate of drug-likeness (QED) is 0.859. The number of nitrogens with two attached hydrogens (primary N) is 1. The van der Waals surface area contributed by atoms with Crippen molar-refractivity contribution in [2.24, 2.45) is 0 Å². The highest BCUT2D eigenvalue weighted by Gasteiger charge is 2.18. The van der Waals surface area contributed by atoms with Gasteiger partial charge in [0, 0.05) is 30.8 Å². The van der Waals surface area contributed by atoms with Gasteiger partial charge in [-0.25, -0.2) is 9.97 Å². The van der Waals surface area contributed by atoms with Crippen molar-refractivity contribution in [1.29, 1.82) is 0 Å². The molecule has 0 aliphatic heterocycles. The van der Waals surface area contributed by atoms with Crippen molar-refractivity contribution in [1.82, 2.24) is 9.97 Å². The zero-order valence-corrected chi connectivity index (χ0v) is 12.8. The standard InChI is InChI=1S/C13H24N4S/c1-6-10(8-18-5)17(4)13-9(3)12(14)15-11(7-2)16-13/h10H,6-8H2,1-5H3,(H2,14,15,16). The van der Waals surface area contributed by atoms with Gasteiger partial charge < -0.3 is 10.6 Å². The molecular weight excluding hydrogens is 244 g/mol. The summed E-state index contributed by atoms with van der Waals surface area (Å²) in [5, 5.41) is 0. The molecule has 0 aromatic carbocycles. The molecule has 0 aliphatic rings. The summed E-state index contributed by atoms with van der Waals surface area (Å²) in [6, 6.07) is 0.484. The molecule has 1 atom stereocenters. The number of rotatable bonds is 6. The molecular formula is C13H24N4S. The van der Waals surface area contributed by atoms with Crippen molar-refractivity contribution in [3.05, 3.63) is 11.4 Å². The predicted molar refractivity (Wildman–Crippen MR) is 81.4 cm³/mol. The SMILES string of the molecule is CCc1nc(N)c(C)c(N(C)C(CC)CSC)n1. The second kappa shape index (κ2) is 6.83. The van der Waals surface area contributed by atoms with Gasteiger partial charge in [0.2, 0.25) is 0 Å². The van der Waals surface area contributed by atoms with Crippen LogP contribution in [0.4, 0.5) is 11.6 Å². The zero-order valence-electron chi connectivity index (χ0n) is 12.0. The van der Waals surface area contributed by atoms with E-state index in [9.17, 15) is 0 Å². The Kier molecular flexibility index (Phi) is 5.72. The fraction of sp³-hybridized carbons (Fsp3) is 0.692. The Bertz CT molecular complexity index is 395. The second-order valence-corrected chi connectivity index (χ2v) is 5.37. The molecule has 18 heavy (non-hydrogen) atoms. The summed E-state index contributed by atoms with van der Waals surface area (Å²) < 4.78 is 0. The third-order valence-corrected chi connectivity index (χ3v) is 3.95. The van der Waals surface area contributed by atoms with Crippen molar-refractivity contribution < 1.29 is 0 Å². The molecule has 0 bridgehead atoms. The highest BCUT2D eigenvalue weighted by atomic mass is 32.2. The third-order valence-electron chi connectivity index (χ3n) is 3.23. The van der Waals surface area contributed by atoms with Crippen LogP contribution < -0.4 is 10.6 Å². The van der Waals surface area contributed by atoms with Crippen LogP contribution in [0.25, 0.3) is 0 Å². The molecule has 1 aromatic heterocycles. The number of nitrogens with zero attached hydrogens (tertiary/aromatic N) is 3. The molecule has 0 fully saturated rings. The van der Waals surface area contributed by atoms with Gasteiger partial charge in [0.05, 0.1) is 0 Å². The first-order valence-corrected chi connectivity index (χ1v) is 7.79. The van der Waals surface area contributed by atoms with Crippen LogP contribution in [0.1, 0.15) is 31.7 Å². The van der Waals surface area contributed by atoms with Gasteiger partial charge in [0.1, 0.15) is 17.5 Å². The molecule has 1 aromatic rings. The van der Waals surface area contributed by atoms with Crippen molar-refractivity contribution in [2.45, 2.75) is 39.7 Å². The van der Waals surface area contributed by atoms with Gasteiger partial charge in [-0.05, 0) is 19.6 Å². The summed E-state index contributed by atoms with van der Waals surface area (Å²) in [6.07, 6.45) is 4.04. The summed E-state index contributed by atoms with van der Waals surface area (Å²) in [5.41, 5.74) is 6.95. The predicted octanol–water partition coefficient (Wildman–Crippen LogP) is 2.51. The number of aromatic nitrogens is 2. The Balaban J connectivity index is 3.10. The average Bonchev–Trinajstić information content (AvgIpc) is 2.38. The lowest BCUT2D eigenvalue weighted by Crippen LogP contribution is -2.34. The maximum Gasteiger partial charge on any atom is 0.137 e. The number of hydrogen-bond donors (Lipinski definition) is 1. The number of thioether (sulfide) groups is 1. The smallest absolute Gasteiger partial charge is 0.137 e. The third kappa shape index (κ3) is 3.28. The summed E-state index contributed by atoms with van der Waals surface area (Å²) >= 11 is 1.86. The molecule has 0 spiro atoms. The Morgan fingerprint density at radius 2 is 2.00 bits per heavy atom. The lowest BCUT2D eigenvalue weighted by Gasteiger charge is -2.29. The number of hydrogen-bond acceptors (Lipinski definition) is 5. The van der Waals surface area contributed by atoms with Crippen molar-refractivity contribution >= 4 is 23.4 Å². The van der Waals surface area contributed by atoms with Gasteiger partial charge in [0.25, 0.3) is 0 Å². The first kappa shape index (κ1) is 15.1. The van der Waals surface area contributed by atoms with Crippen LogP contribution in [0.2, 0.25) is 0 Å². The summed E-state index contributed by atoms with van der Waals surface area (Å²) in [5.74, 6) is 3.49. The monoisotopic (exact) mass is 268 g/mol. The molecule has 1 heterocycles. The van der Waals surface area contributed by atoms with E-state index < -0.39 is 0 Å². The normalized spacial score (nSPS) is 12.5. The molecule has 0 saturated carbocycles. The molecule has 5 heteroatoms. The molecule has 0 radical (unpaired) electrons. The lowest BCUT2D eigenvalue weighted by molar-refractivity contribution is 0.661. The van der Waals surface area contributed by atoms with Crippen LogP contribution in [0.5, 0.6) is 0 Å². The molecule has 0 saturated heterocycles. The van der Waals surface area contributed by atoms with E-state index in [0.29, 0.717) is 11.9 Å². The highest BCUT2D eigenvalue weighted by molar-refractivity contribution is 7.98. The minimum absolute atomic E-state index is 0.484. The van der Waals surface area contributed by atoms with E-state index in [1.165, 1.54) is 0 Å². The van der Waals surface area contributed by atoms with E-state index in [-0.39, 0.29) is 0 Å². The number of nitrogen functional groups attached to an aromatic ring is 1. The van der Waals surface area contributed by atoms with Gasteiger partial charge >= 0.3 is 0 Å². The first-order valence-electron chi connectivity index (χ1n) is 6.39. The molecule has 1 rings (SSSR count). The second-order valence-electron chi connectivity index (χ2n) is 4.46. The highest BCUT2D eigenvalue weighted by Crippen LogP contribution is 2.24. The van der Waals surface area contributed by atoms with E-state index in [2.05, 4.69) is 35.1 Å².